The van der Waals surface area contributed by atoms with Gasteiger partial charge in [-0.25, -0.2) is 23.0 Å². The van der Waals surface area contributed by atoms with E-state index in [4.69, 9.17) is 0 Å². The molecule has 0 saturated heterocycles. The van der Waals surface area contributed by atoms with Gasteiger partial charge in [0.25, 0.3) is 10.0 Å². The third-order valence-electron chi connectivity index (χ3n) is 2.26. The highest BCUT2D eigenvalue weighted by atomic mass is 32.2. The van der Waals surface area contributed by atoms with Crippen LogP contribution in [0.2, 0.25) is 0 Å². The van der Waals surface area contributed by atoms with Gasteiger partial charge in [0.1, 0.15) is 0 Å². The molecule has 0 fully saturated rings. The predicted octanol–water partition coefficient (Wildman–Crippen LogP) is 1.67. The lowest BCUT2D eigenvalue weighted by Crippen LogP contribution is -2.28. The van der Waals surface area contributed by atoms with Gasteiger partial charge in [-0.15, -0.1) is 0 Å². The average Bonchev–Trinajstić information content (AvgIpc) is 2.26. The van der Waals surface area contributed by atoms with Crippen molar-refractivity contribution in [2.24, 2.45) is 0 Å². The second kappa shape index (κ2) is 4.06. The fourth-order valence-corrected chi connectivity index (χ4v) is 2.66. The molecule has 0 saturated carbocycles. The Labute approximate surface area is 97.7 Å². The molecule has 0 unspecified atom stereocenters. The van der Waals surface area contributed by atoms with E-state index in [0.717, 1.165) is 0 Å². The molecule has 1 amide bonds. The Kier molecular flexibility index (Phi) is 2.72. The van der Waals surface area contributed by atoms with Gasteiger partial charge < -0.3 is 0 Å². The van der Waals surface area contributed by atoms with E-state index in [0.29, 0.717) is 10.8 Å². The van der Waals surface area contributed by atoms with Crippen molar-refractivity contribution in [1.29, 1.82) is 0 Å². The minimum atomic E-state index is -4.10. The van der Waals surface area contributed by atoms with Crippen molar-refractivity contribution in [3.05, 3.63) is 42.5 Å². The smallest absolute Gasteiger partial charge is 0.219 e. The lowest BCUT2D eigenvalue weighted by atomic mass is 10.1. The van der Waals surface area contributed by atoms with Crippen LogP contribution in [0.15, 0.2) is 47.4 Å². The normalized spacial score (nSPS) is 11.3. The quantitative estimate of drug-likeness (QED) is 0.879. The largest absolute Gasteiger partial charge is 0.464 e. The van der Waals surface area contributed by atoms with Gasteiger partial charge in [0.05, 0.1) is 4.90 Å². The summed E-state index contributed by atoms with van der Waals surface area (Å²) in [7, 11) is -4.10. The predicted molar refractivity (Wildman–Crippen MR) is 60.4 cm³/mol. The monoisotopic (exact) mass is 250 g/mol. The molecule has 1 N–H and O–H groups in total. The summed E-state index contributed by atoms with van der Waals surface area (Å²) in [6.07, 6.45) is -1.85. The number of benzene rings is 2. The molecule has 0 aromatic heterocycles. The van der Waals surface area contributed by atoms with Crippen molar-refractivity contribution in [3.8, 4) is 0 Å². The number of hydrogen-bond donors (Lipinski definition) is 1. The van der Waals surface area contributed by atoms with Gasteiger partial charge in [0.2, 0.25) is 0 Å². The van der Waals surface area contributed by atoms with Crippen LogP contribution in [0.4, 0.5) is 4.79 Å². The standard InChI is InChI=1S/C11H8NO4S/c13-11(14)12-17(15,16)10-7-3-5-8-4-1-2-6-9(8)10/h1-7,12H. The minimum absolute atomic E-state index is 0.0835. The van der Waals surface area contributed by atoms with Crippen molar-refractivity contribution in [1.82, 2.24) is 4.72 Å². The molecule has 17 heavy (non-hydrogen) atoms. The van der Waals surface area contributed by atoms with Crippen LogP contribution in [-0.2, 0) is 15.1 Å². The topological polar surface area (TPSA) is 83.1 Å². The van der Waals surface area contributed by atoms with E-state index in [9.17, 15) is 18.3 Å². The number of sulfonamides is 1. The first kappa shape index (κ1) is 11.4. The van der Waals surface area contributed by atoms with Gasteiger partial charge in [0, 0.05) is 5.39 Å². The van der Waals surface area contributed by atoms with E-state index in [2.05, 4.69) is 0 Å². The molecule has 0 bridgehead atoms. The third kappa shape index (κ3) is 2.21. The first-order chi connectivity index (χ1) is 8.00. The molecule has 0 aliphatic heterocycles. The van der Waals surface area contributed by atoms with Crippen LogP contribution < -0.4 is 4.72 Å². The molecule has 2 aromatic rings. The second-order valence-electron chi connectivity index (χ2n) is 3.37. The van der Waals surface area contributed by atoms with E-state index >= 15 is 0 Å². The maximum absolute atomic E-state index is 11.7. The summed E-state index contributed by atoms with van der Waals surface area (Å²) in [5, 5.41) is 11.5. The molecule has 6 heteroatoms. The van der Waals surface area contributed by atoms with Crippen molar-refractivity contribution < 1.29 is 18.3 Å². The number of hydrogen-bond acceptors (Lipinski definition) is 3. The molecule has 0 heterocycles. The van der Waals surface area contributed by atoms with Gasteiger partial charge in [-0.2, -0.15) is 0 Å². The number of rotatable bonds is 2. The maximum atomic E-state index is 11.7. The number of amides is 1. The van der Waals surface area contributed by atoms with Gasteiger partial charge in [0.15, 0.2) is 0 Å². The van der Waals surface area contributed by atoms with Crippen LogP contribution in [0, 0.1) is 0 Å². The Bertz CT molecular complexity index is 673. The summed E-state index contributed by atoms with van der Waals surface area (Å²) in [5.41, 5.74) is 0. The van der Waals surface area contributed by atoms with E-state index in [1.165, 1.54) is 10.8 Å². The van der Waals surface area contributed by atoms with E-state index in [1.54, 1.807) is 36.4 Å². The molecule has 0 aliphatic carbocycles. The molecule has 2 rings (SSSR count). The lowest BCUT2D eigenvalue weighted by molar-refractivity contribution is 0.175. The lowest BCUT2D eigenvalue weighted by Gasteiger charge is -2.06. The minimum Gasteiger partial charge on any atom is -0.219 e. The van der Waals surface area contributed by atoms with Crippen LogP contribution in [0.3, 0.4) is 0 Å². The van der Waals surface area contributed by atoms with Gasteiger partial charge in [-0.05, 0) is 11.5 Å². The molecule has 0 spiro atoms. The summed E-state index contributed by atoms with van der Waals surface area (Å²) >= 11 is 0. The van der Waals surface area contributed by atoms with Crippen LogP contribution in [0.5, 0.6) is 0 Å². The first-order valence-corrected chi connectivity index (χ1v) is 6.20. The molecule has 0 atom stereocenters. The van der Waals surface area contributed by atoms with Crippen LogP contribution in [-0.4, -0.2) is 14.5 Å². The van der Waals surface area contributed by atoms with Gasteiger partial charge in [-0.1, -0.05) is 36.4 Å². The fraction of sp³-hybridized carbons (Fsp3) is 0. The molecule has 87 valence electrons. The number of carbonyl (C=O) groups excluding carboxylic acids is 1. The SMILES string of the molecule is [O]C(=O)NS(=O)(=O)c1cccc2ccccc12. The van der Waals surface area contributed by atoms with E-state index < -0.39 is 16.1 Å². The number of fused-ring (bicyclic) bond motifs is 1. The zero-order valence-electron chi connectivity index (χ0n) is 8.58. The highest BCUT2D eigenvalue weighted by molar-refractivity contribution is 7.90. The average molecular weight is 250 g/mol. The summed E-state index contributed by atoms with van der Waals surface area (Å²) in [6, 6.07) is 11.4. The fourth-order valence-electron chi connectivity index (χ4n) is 1.59. The second-order valence-corrected chi connectivity index (χ2v) is 5.02. The Balaban J connectivity index is 2.67. The van der Waals surface area contributed by atoms with Crippen molar-refractivity contribution >= 4 is 26.9 Å². The summed E-state index contributed by atoms with van der Waals surface area (Å²) in [4.78, 5) is 10.2. The zero-order valence-corrected chi connectivity index (χ0v) is 9.40. The Morgan fingerprint density at radius 3 is 2.35 bits per heavy atom. The van der Waals surface area contributed by atoms with Crippen LogP contribution in [0.1, 0.15) is 0 Å². The highest BCUT2D eigenvalue weighted by Crippen LogP contribution is 2.22. The maximum Gasteiger partial charge on any atom is 0.464 e. The molecule has 1 radical (unpaired) electrons. The molecular weight excluding hydrogens is 242 g/mol. The van der Waals surface area contributed by atoms with Gasteiger partial charge in [-0.3, -0.25) is 0 Å². The van der Waals surface area contributed by atoms with Gasteiger partial charge >= 0.3 is 6.09 Å². The molecule has 5 nitrogen and oxygen atoms in total. The van der Waals surface area contributed by atoms with Crippen molar-refractivity contribution in [3.63, 3.8) is 0 Å². The van der Waals surface area contributed by atoms with Crippen molar-refractivity contribution in [2.75, 3.05) is 0 Å². The third-order valence-corrected chi connectivity index (χ3v) is 3.63. The van der Waals surface area contributed by atoms with Crippen molar-refractivity contribution in [2.45, 2.75) is 4.90 Å². The van der Waals surface area contributed by atoms with Crippen LogP contribution in [0.25, 0.3) is 10.8 Å². The first-order valence-electron chi connectivity index (χ1n) is 4.72. The Morgan fingerprint density at radius 2 is 1.65 bits per heavy atom. The number of carbonyl (C=O) groups is 1. The zero-order chi connectivity index (χ0) is 12.5. The molecular formula is C11H8NO4S. The molecule has 0 aliphatic rings. The summed E-state index contributed by atoms with van der Waals surface area (Å²) < 4.78 is 24.9. The summed E-state index contributed by atoms with van der Waals surface area (Å²) in [5.74, 6) is 0. The molecule has 2 aromatic carbocycles. The Morgan fingerprint density at radius 1 is 1.00 bits per heavy atom. The summed E-state index contributed by atoms with van der Waals surface area (Å²) in [6.45, 7) is 0. The number of nitrogens with one attached hydrogen (secondary N) is 1. The van der Waals surface area contributed by atoms with Crippen LogP contribution >= 0.6 is 0 Å². The van der Waals surface area contributed by atoms with E-state index in [-0.39, 0.29) is 4.90 Å². The highest BCUT2D eigenvalue weighted by Gasteiger charge is 2.19. The van der Waals surface area contributed by atoms with E-state index in [1.807, 2.05) is 0 Å². The Hall–Kier alpha value is -2.08.